The Morgan fingerprint density at radius 2 is 1.92 bits per heavy atom. The highest BCUT2D eigenvalue weighted by molar-refractivity contribution is 6.30. The summed E-state index contributed by atoms with van der Waals surface area (Å²) in [7, 11) is 0. The fourth-order valence-electron chi connectivity index (χ4n) is 8.57. The lowest BCUT2D eigenvalue weighted by Crippen LogP contribution is -2.70. The Balaban J connectivity index is 1.38. The van der Waals surface area contributed by atoms with Crippen LogP contribution in [-0.2, 0) is 21.0 Å². The van der Waals surface area contributed by atoms with Crippen molar-refractivity contribution in [3.63, 3.8) is 0 Å². The SMILES string of the molecule is C[C@]12C=CC(=O)C=C1[C@@H](F)C[C@H]1C3C[C@H]4CN(Cc5ccc(Cl)cc5)O[C@@]4(C(=O)O)[C@@]3(C)C[C@H](O)[C@@]12F. The van der Waals surface area contributed by atoms with E-state index in [2.05, 4.69) is 0 Å². The second kappa shape index (κ2) is 7.94. The number of carbonyl (C=O) groups excluding carboxylic acids is 1. The molecule has 0 spiro atoms. The predicted molar refractivity (Wildman–Crippen MR) is 131 cm³/mol. The molecular formula is C28H30ClF2NO5. The average molecular weight is 534 g/mol. The van der Waals surface area contributed by atoms with Gasteiger partial charge in [-0.1, -0.05) is 36.7 Å². The van der Waals surface area contributed by atoms with Gasteiger partial charge < -0.3 is 10.2 Å². The van der Waals surface area contributed by atoms with Crippen LogP contribution in [0.25, 0.3) is 0 Å². The number of rotatable bonds is 3. The molecule has 0 bridgehead atoms. The van der Waals surface area contributed by atoms with Crippen molar-refractivity contribution in [2.75, 3.05) is 6.54 Å². The van der Waals surface area contributed by atoms with E-state index >= 15 is 8.78 Å². The largest absolute Gasteiger partial charge is 0.479 e. The smallest absolute Gasteiger partial charge is 0.339 e. The van der Waals surface area contributed by atoms with Gasteiger partial charge in [-0.2, -0.15) is 5.06 Å². The highest BCUT2D eigenvalue weighted by Gasteiger charge is 2.80. The maximum absolute atomic E-state index is 17.3. The molecule has 0 radical (unpaired) electrons. The zero-order chi connectivity index (χ0) is 26.5. The number of halogens is 3. The average Bonchev–Trinajstić information content (AvgIpc) is 3.31. The van der Waals surface area contributed by atoms with Crippen molar-refractivity contribution in [1.82, 2.24) is 5.06 Å². The summed E-state index contributed by atoms with van der Waals surface area (Å²) in [6, 6.07) is 7.20. The zero-order valence-corrected chi connectivity index (χ0v) is 21.4. The van der Waals surface area contributed by atoms with Gasteiger partial charge in [0.05, 0.1) is 6.10 Å². The molecule has 1 aliphatic heterocycles. The highest BCUT2D eigenvalue weighted by Crippen LogP contribution is 2.72. The number of carboxylic acids is 1. The van der Waals surface area contributed by atoms with Crippen LogP contribution in [0.15, 0.2) is 48.1 Å². The number of nitrogens with zero attached hydrogens (tertiary/aromatic N) is 1. The number of hydrogen-bond donors (Lipinski definition) is 2. The van der Waals surface area contributed by atoms with Crippen LogP contribution in [0.2, 0.25) is 5.02 Å². The number of carbonyl (C=O) groups is 2. The molecule has 0 aromatic heterocycles. The Hall–Kier alpha value is -2.13. The summed E-state index contributed by atoms with van der Waals surface area (Å²) in [6.45, 7) is 3.96. The molecule has 5 aliphatic rings. The van der Waals surface area contributed by atoms with Gasteiger partial charge in [-0.05, 0) is 67.5 Å². The first-order valence-electron chi connectivity index (χ1n) is 12.7. The topological polar surface area (TPSA) is 87.1 Å². The third-order valence-electron chi connectivity index (χ3n) is 10.3. The number of alkyl halides is 2. The molecule has 1 aromatic carbocycles. The molecule has 1 heterocycles. The number of aliphatic carboxylic acids is 1. The van der Waals surface area contributed by atoms with Crippen LogP contribution in [0, 0.1) is 28.6 Å². The molecule has 0 amide bonds. The molecular weight excluding hydrogens is 504 g/mol. The number of benzene rings is 1. The second-order valence-electron chi connectivity index (χ2n) is 11.9. The first-order chi connectivity index (χ1) is 17.4. The van der Waals surface area contributed by atoms with Gasteiger partial charge >= 0.3 is 5.97 Å². The van der Waals surface area contributed by atoms with E-state index in [1.165, 1.54) is 12.2 Å². The minimum absolute atomic E-state index is 0.0536. The van der Waals surface area contributed by atoms with Crippen molar-refractivity contribution in [3.05, 3.63) is 58.7 Å². The van der Waals surface area contributed by atoms with Gasteiger partial charge in [0.2, 0.25) is 0 Å². The van der Waals surface area contributed by atoms with Crippen LogP contribution >= 0.6 is 11.6 Å². The van der Waals surface area contributed by atoms with E-state index in [1.54, 1.807) is 31.0 Å². The van der Waals surface area contributed by atoms with Gasteiger partial charge in [0.25, 0.3) is 0 Å². The fraction of sp³-hybridized carbons (Fsp3) is 0.571. The van der Waals surface area contributed by atoms with E-state index in [-0.39, 0.29) is 18.4 Å². The van der Waals surface area contributed by atoms with Crippen molar-refractivity contribution in [1.29, 1.82) is 0 Å². The molecule has 6 nitrogen and oxygen atoms in total. The lowest BCUT2D eigenvalue weighted by Gasteiger charge is -2.63. The van der Waals surface area contributed by atoms with Gasteiger partial charge in [-0.25, -0.2) is 13.6 Å². The molecule has 1 unspecified atom stereocenters. The predicted octanol–water partition coefficient (Wildman–Crippen LogP) is 4.46. The molecule has 9 atom stereocenters. The standard InChI is InChI=1S/C28H30ClF2NO5/c1-25-8-7-18(33)10-21(25)22(30)11-20-19-9-16-14-32(13-15-3-5-17(29)6-4-15)37-28(16,24(35)36)26(19,2)12-23(34)27(20,25)31/h3-8,10,16,19-20,22-23,34H,9,11-14H2,1-2H3,(H,35,36)/t16-,19?,20-,22-,23-,25-,26-,27-,28-/m0/s1. The van der Waals surface area contributed by atoms with Crippen LogP contribution < -0.4 is 0 Å². The van der Waals surface area contributed by atoms with Crippen LogP contribution in [-0.4, -0.2) is 57.1 Å². The van der Waals surface area contributed by atoms with Crippen molar-refractivity contribution in [2.24, 2.45) is 28.6 Å². The summed E-state index contributed by atoms with van der Waals surface area (Å²) in [5.74, 6) is -3.48. The number of aliphatic hydroxyl groups is 1. The molecule has 6 rings (SSSR count). The van der Waals surface area contributed by atoms with E-state index in [0.29, 0.717) is 24.5 Å². The summed E-state index contributed by atoms with van der Waals surface area (Å²) >= 11 is 5.99. The number of allylic oxidation sites excluding steroid dienone is 4. The molecule has 1 saturated heterocycles. The number of fused-ring (bicyclic) bond motifs is 7. The zero-order valence-electron chi connectivity index (χ0n) is 20.7. The first-order valence-corrected chi connectivity index (χ1v) is 13.1. The Kier molecular flexibility index (Phi) is 5.40. The van der Waals surface area contributed by atoms with E-state index in [4.69, 9.17) is 16.4 Å². The number of ketones is 1. The number of hydroxylamine groups is 2. The molecule has 2 N–H and O–H groups in total. The second-order valence-corrected chi connectivity index (χ2v) is 12.3. The molecule has 9 heteroatoms. The Morgan fingerprint density at radius 3 is 2.59 bits per heavy atom. The molecule has 4 aliphatic carbocycles. The molecule has 4 fully saturated rings. The Morgan fingerprint density at radius 1 is 1.22 bits per heavy atom. The summed E-state index contributed by atoms with van der Waals surface area (Å²) in [4.78, 5) is 31.3. The summed E-state index contributed by atoms with van der Waals surface area (Å²) in [5, 5.41) is 24.3. The van der Waals surface area contributed by atoms with E-state index in [1.807, 2.05) is 12.1 Å². The fourth-order valence-corrected chi connectivity index (χ4v) is 8.70. The van der Waals surface area contributed by atoms with Crippen molar-refractivity contribution < 1.29 is 33.4 Å². The first kappa shape index (κ1) is 25.2. The van der Waals surface area contributed by atoms with Crippen molar-refractivity contribution >= 4 is 23.4 Å². The monoisotopic (exact) mass is 533 g/mol. The highest BCUT2D eigenvalue weighted by atomic mass is 35.5. The number of carboxylic acid groups (broad SMARTS) is 1. The van der Waals surface area contributed by atoms with Gasteiger partial charge in [0.1, 0.15) is 6.17 Å². The maximum Gasteiger partial charge on any atom is 0.339 e. The van der Waals surface area contributed by atoms with E-state index in [0.717, 1.165) is 11.6 Å². The number of hydrogen-bond acceptors (Lipinski definition) is 5. The Bertz CT molecular complexity index is 1240. The van der Waals surface area contributed by atoms with Gasteiger partial charge in [0, 0.05) is 40.8 Å². The van der Waals surface area contributed by atoms with Crippen LogP contribution in [0.3, 0.4) is 0 Å². The molecule has 3 saturated carbocycles. The quantitative estimate of drug-likeness (QED) is 0.597. The van der Waals surface area contributed by atoms with Crippen LogP contribution in [0.1, 0.15) is 38.7 Å². The Labute approximate surface area is 218 Å². The summed E-state index contributed by atoms with van der Waals surface area (Å²) in [6.07, 6.45) is 0.628. The van der Waals surface area contributed by atoms with Crippen LogP contribution in [0.4, 0.5) is 8.78 Å². The minimum Gasteiger partial charge on any atom is -0.479 e. The molecule has 37 heavy (non-hydrogen) atoms. The van der Waals surface area contributed by atoms with E-state index < -0.39 is 63.9 Å². The van der Waals surface area contributed by atoms with Crippen molar-refractivity contribution in [2.45, 2.75) is 63.2 Å². The third kappa shape index (κ3) is 3.07. The molecule has 198 valence electrons. The van der Waals surface area contributed by atoms with Gasteiger partial charge in [-0.3, -0.25) is 9.63 Å². The lowest BCUT2D eigenvalue weighted by molar-refractivity contribution is -0.275. The van der Waals surface area contributed by atoms with Crippen molar-refractivity contribution in [3.8, 4) is 0 Å². The minimum atomic E-state index is -2.25. The van der Waals surface area contributed by atoms with Crippen LogP contribution in [0.5, 0.6) is 0 Å². The normalized spacial score (nSPS) is 46.6. The molecule has 1 aromatic rings. The van der Waals surface area contributed by atoms with Gasteiger partial charge in [-0.15, -0.1) is 0 Å². The lowest BCUT2D eigenvalue weighted by atomic mass is 9.44. The van der Waals surface area contributed by atoms with E-state index in [9.17, 15) is 19.8 Å². The maximum atomic E-state index is 17.3. The summed E-state index contributed by atoms with van der Waals surface area (Å²) < 4.78 is 32.9. The number of aliphatic hydroxyl groups excluding tert-OH is 1. The third-order valence-corrected chi connectivity index (χ3v) is 10.5. The van der Waals surface area contributed by atoms with Gasteiger partial charge in [0.15, 0.2) is 17.1 Å². The summed E-state index contributed by atoms with van der Waals surface area (Å²) in [5.41, 5.74) is -5.60.